The second-order valence-corrected chi connectivity index (χ2v) is 6.62. The molecule has 0 N–H and O–H groups in total. The Morgan fingerprint density at radius 2 is 1.71 bits per heavy atom. The van der Waals surface area contributed by atoms with Gasteiger partial charge >= 0.3 is 0 Å². The van der Waals surface area contributed by atoms with Crippen LogP contribution in [0.4, 0.5) is 0 Å². The molecule has 0 aromatic carbocycles. The molecule has 1 aromatic heterocycles. The first-order valence-electron chi connectivity index (χ1n) is 8.59. The first kappa shape index (κ1) is 16.9. The van der Waals surface area contributed by atoms with Gasteiger partial charge in [-0.1, -0.05) is 5.16 Å². The molecule has 0 aliphatic carbocycles. The van der Waals surface area contributed by atoms with Gasteiger partial charge in [0.25, 0.3) is 0 Å². The summed E-state index contributed by atoms with van der Waals surface area (Å²) in [6.45, 7) is 8.14. The van der Waals surface area contributed by atoms with Crippen molar-refractivity contribution in [1.82, 2.24) is 24.8 Å². The molecular formula is C16H25N5O3. The monoisotopic (exact) mass is 335 g/mol. The number of carbonyl (C=O) groups excluding carboxylic acids is 2. The van der Waals surface area contributed by atoms with Crippen molar-refractivity contribution in [2.45, 2.75) is 32.6 Å². The van der Waals surface area contributed by atoms with Crippen LogP contribution in [0, 0.1) is 6.92 Å². The van der Waals surface area contributed by atoms with Gasteiger partial charge in [-0.2, -0.15) is 4.98 Å². The summed E-state index contributed by atoms with van der Waals surface area (Å²) in [7, 11) is 0. The number of carbonyl (C=O) groups is 2. The van der Waals surface area contributed by atoms with E-state index in [0.717, 1.165) is 31.8 Å². The second-order valence-electron chi connectivity index (χ2n) is 6.62. The molecule has 2 aliphatic rings. The molecule has 2 saturated heterocycles. The van der Waals surface area contributed by atoms with Crippen LogP contribution in [0.1, 0.15) is 37.4 Å². The Bertz CT molecular complexity index is 586. The molecule has 0 unspecified atom stereocenters. The third kappa shape index (κ3) is 3.92. The van der Waals surface area contributed by atoms with E-state index >= 15 is 0 Å². The smallest absolute Gasteiger partial charge is 0.236 e. The van der Waals surface area contributed by atoms with Gasteiger partial charge in [-0.3, -0.25) is 14.5 Å². The molecule has 2 amide bonds. The van der Waals surface area contributed by atoms with Gasteiger partial charge in [0.05, 0.1) is 6.54 Å². The number of aryl methyl sites for hydroxylation is 1. The van der Waals surface area contributed by atoms with E-state index in [1.165, 1.54) is 0 Å². The normalized spacial score (nSPS) is 20.4. The lowest BCUT2D eigenvalue weighted by Gasteiger charge is -2.36. The Morgan fingerprint density at radius 1 is 1.08 bits per heavy atom. The summed E-state index contributed by atoms with van der Waals surface area (Å²) < 4.78 is 5.26. The summed E-state index contributed by atoms with van der Waals surface area (Å²) in [6.07, 6.45) is 1.88. The molecule has 24 heavy (non-hydrogen) atoms. The zero-order valence-electron chi connectivity index (χ0n) is 14.4. The van der Waals surface area contributed by atoms with Crippen molar-refractivity contribution >= 4 is 11.8 Å². The maximum atomic E-state index is 12.4. The molecule has 3 rings (SSSR count). The lowest BCUT2D eigenvalue weighted by atomic mass is 9.97. The minimum Gasteiger partial charge on any atom is -0.339 e. The van der Waals surface area contributed by atoms with Crippen molar-refractivity contribution in [3.63, 3.8) is 0 Å². The highest BCUT2D eigenvalue weighted by atomic mass is 16.5. The van der Waals surface area contributed by atoms with E-state index in [2.05, 4.69) is 15.0 Å². The van der Waals surface area contributed by atoms with Crippen LogP contribution in [0.15, 0.2) is 4.52 Å². The fraction of sp³-hybridized carbons (Fsp3) is 0.750. The maximum absolute atomic E-state index is 12.4. The van der Waals surface area contributed by atoms with Crippen LogP contribution in [0.2, 0.25) is 0 Å². The number of nitrogens with zero attached hydrogens (tertiary/aromatic N) is 5. The Labute approximate surface area is 141 Å². The lowest BCUT2D eigenvalue weighted by molar-refractivity contribution is -0.139. The SMILES string of the molecule is CC(=O)N1CCN(C(=O)CN2CCC(c3nc(C)no3)CC2)CC1. The van der Waals surface area contributed by atoms with Crippen LogP contribution in [-0.4, -0.2) is 82.5 Å². The fourth-order valence-corrected chi connectivity index (χ4v) is 3.38. The first-order chi connectivity index (χ1) is 11.5. The zero-order valence-corrected chi connectivity index (χ0v) is 14.4. The van der Waals surface area contributed by atoms with E-state index in [9.17, 15) is 9.59 Å². The maximum Gasteiger partial charge on any atom is 0.236 e. The summed E-state index contributed by atoms with van der Waals surface area (Å²) in [4.78, 5) is 33.9. The number of amides is 2. The van der Waals surface area contributed by atoms with Gasteiger partial charge < -0.3 is 14.3 Å². The van der Waals surface area contributed by atoms with Gasteiger partial charge in [0.1, 0.15) is 0 Å². The summed E-state index contributed by atoms with van der Waals surface area (Å²) in [6, 6.07) is 0. The van der Waals surface area contributed by atoms with Crippen LogP contribution < -0.4 is 0 Å². The van der Waals surface area contributed by atoms with Gasteiger partial charge in [-0.25, -0.2) is 0 Å². The molecule has 0 saturated carbocycles. The van der Waals surface area contributed by atoms with Crippen molar-refractivity contribution in [3.8, 4) is 0 Å². The second kappa shape index (κ2) is 7.29. The molecule has 3 heterocycles. The average molecular weight is 335 g/mol. The summed E-state index contributed by atoms with van der Waals surface area (Å²) >= 11 is 0. The van der Waals surface area contributed by atoms with Crippen molar-refractivity contribution in [2.75, 3.05) is 45.8 Å². The first-order valence-corrected chi connectivity index (χ1v) is 8.59. The Morgan fingerprint density at radius 3 is 2.25 bits per heavy atom. The largest absolute Gasteiger partial charge is 0.339 e. The van der Waals surface area contributed by atoms with E-state index < -0.39 is 0 Å². The number of rotatable bonds is 3. The standard InChI is InChI=1S/C16H25N5O3/c1-12-17-16(24-18-12)14-3-5-19(6-4-14)11-15(23)21-9-7-20(8-10-21)13(2)22/h14H,3-11H2,1-2H3. The lowest BCUT2D eigenvalue weighted by Crippen LogP contribution is -2.52. The van der Waals surface area contributed by atoms with Crippen LogP contribution >= 0.6 is 0 Å². The van der Waals surface area contributed by atoms with Crippen LogP contribution in [0.3, 0.4) is 0 Å². The molecule has 8 heteroatoms. The summed E-state index contributed by atoms with van der Waals surface area (Å²) in [5.41, 5.74) is 0. The highest BCUT2D eigenvalue weighted by molar-refractivity contribution is 5.79. The molecule has 0 bridgehead atoms. The number of likely N-dealkylation sites (tertiary alicyclic amines) is 1. The van der Waals surface area contributed by atoms with Gasteiger partial charge in [-0.05, 0) is 32.9 Å². The number of hydrogen-bond donors (Lipinski definition) is 0. The van der Waals surface area contributed by atoms with E-state index in [-0.39, 0.29) is 11.8 Å². The van der Waals surface area contributed by atoms with Crippen molar-refractivity contribution in [2.24, 2.45) is 0 Å². The van der Waals surface area contributed by atoms with Crippen molar-refractivity contribution < 1.29 is 14.1 Å². The number of piperidine rings is 1. The molecule has 2 fully saturated rings. The summed E-state index contributed by atoms with van der Waals surface area (Å²) in [5, 5.41) is 3.85. The van der Waals surface area contributed by atoms with E-state index in [1.807, 2.05) is 11.8 Å². The van der Waals surface area contributed by atoms with E-state index in [1.54, 1.807) is 11.8 Å². The zero-order chi connectivity index (χ0) is 17.1. The minimum atomic E-state index is 0.0837. The van der Waals surface area contributed by atoms with Gasteiger partial charge in [0.15, 0.2) is 5.82 Å². The Balaban J connectivity index is 1.43. The summed E-state index contributed by atoms with van der Waals surface area (Å²) in [5.74, 6) is 1.94. The molecule has 0 radical (unpaired) electrons. The van der Waals surface area contributed by atoms with Gasteiger partial charge in [0, 0.05) is 39.0 Å². The predicted octanol–water partition coefficient (Wildman–Crippen LogP) is 0.248. The highest BCUT2D eigenvalue weighted by Crippen LogP contribution is 2.26. The molecule has 2 aliphatic heterocycles. The molecular weight excluding hydrogens is 310 g/mol. The minimum absolute atomic E-state index is 0.0837. The third-order valence-electron chi connectivity index (χ3n) is 4.92. The number of piperazine rings is 1. The number of aromatic nitrogens is 2. The highest BCUT2D eigenvalue weighted by Gasteiger charge is 2.28. The molecule has 8 nitrogen and oxygen atoms in total. The van der Waals surface area contributed by atoms with Crippen LogP contribution in [0.5, 0.6) is 0 Å². The van der Waals surface area contributed by atoms with Crippen molar-refractivity contribution in [1.29, 1.82) is 0 Å². The third-order valence-corrected chi connectivity index (χ3v) is 4.92. The number of hydrogen-bond acceptors (Lipinski definition) is 6. The topological polar surface area (TPSA) is 82.8 Å². The molecule has 0 atom stereocenters. The Hall–Kier alpha value is -1.96. The molecule has 0 spiro atoms. The van der Waals surface area contributed by atoms with Gasteiger partial charge in [-0.15, -0.1) is 0 Å². The van der Waals surface area contributed by atoms with Crippen molar-refractivity contribution in [3.05, 3.63) is 11.7 Å². The average Bonchev–Trinajstić information content (AvgIpc) is 3.02. The van der Waals surface area contributed by atoms with Gasteiger partial charge in [0.2, 0.25) is 17.7 Å². The molecule has 1 aromatic rings. The fourth-order valence-electron chi connectivity index (χ4n) is 3.38. The quantitative estimate of drug-likeness (QED) is 0.787. The Kier molecular flexibility index (Phi) is 5.13. The van der Waals surface area contributed by atoms with Crippen LogP contribution in [-0.2, 0) is 9.59 Å². The predicted molar refractivity (Wildman–Crippen MR) is 86.3 cm³/mol. The van der Waals surface area contributed by atoms with E-state index in [4.69, 9.17) is 4.52 Å². The van der Waals surface area contributed by atoms with Crippen LogP contribution in [0.25, 0.3) is 0 Å². The molecule has 132 valence electrons. The van der Waals surface area contributed by atoms with E-state index in [0.29, 0.717) is 44.5 Å².